The number of anilines is 1. The molecule has 0 spiro atoms. The molecule has 1 heterocycles. The number of hydrogen-bond acceptors (Lipinski definition) is 4. The highest BCUT2D eigenvalue weighted by atomic mass is 35.5. The third kappa shape index (κ3) is 4.21. The van der Waals surface area contributed by atoms with Crippen LogP contribution in [0.3, 0.4) is 0 Å². The lowest BCUT2D eigenvalue weighted by Gasteiger charge is -2.35. The van der Waals surface area contributed by atoms with E-state index >= 15 is 0 Å². The number of carbonyl (C=O) groups excluding carboxylic acids is 3. The van der Waals surface area contributed by atoms with E-state index in [1.165, 1.54) is 4.90 Å². The second kappa shape index (κ2) is 9.40. The Bertz CT molecular complexity index is 887. The maximum atomic E-state index is 13.6. The fourth-order valence-electron chi connectivity index (χ4n) is 4.85. The molecule has 0 radical (unpaired) electrons. The van der Waals surface area contributed by atoms with Crippen LogP contribution >= 0.6 is 11.6 Å². The van der Waals surface area contributed by atoms with E-state index in [-0.39, 0.29) is 36.2 Å². The molecule has 3 rings (SSSR count). The van der Waals surface area contributed by atoms with Gasteiger partial charge in [0.25, 0.3) is 0 Å². The Morgan fingerprint density at radius 2 is 1.87 bits per heavy atom. The van der Waals surface area contributed by atoms with Gasteiger partial charge in [-0.15, -0.1) is 0 Å². The smallest absolute Gasteiger partial charge is 0.247 e. The molecular weight excluding hydrogens is 418 g/mol. The van der Waals surface area contributed by atoms with Gasteiger partial charge in [-0.05, 0) is 24.0 Å². The number of nitrogens with zero attached hydrogens (tertiary/aromatic N) is 1. The van der Waals surface area contributed by atoms with Crippen molar-refractivity contribution in [2.24, 2.45) is 29.6 Å². The lowest BCUT2D eigenvalue weighted by atomic mass is 9.70. The summed E-state index contributed by atoms with van der Waals surface area (Å²) < 4.78 is 0. The fourth-order valence-corrected chi connectivity index (χ4v) is 5.04. The molecule has 6 atom stereocenters. The zero-order valence-electron chi connectivity index (χ0n) is 18.2. The lowest BCUT2D eigenvalue weighted by molar-refractivity contribution is -0.143. The predicted octanol–water partition coefficient (Wildman–Crippen LogP) is 2.31. The van der Waals surface area contributed by atoms with Crippen LogP contribution in [-0.2, 0) is 14.4 Å². The molecule has 3 N–H and O–H groups in total. The Balaban J connectivity index is 2.05. The van der Waals surface area contributed by atoms with Gasteiger partial charge in [0.1, 0.15) is 6.04 Å². The standard InChI is InChI=1S/C23H30ClN3O4/c1-12(2)17(11-28)27-20(22(30)26-16-8-6-5-7-15(16)24)14-10-9-13(3)18(21(29)25-4)19(14)23(27)31/h5-10,12-14,17-20,28H,11H2,1-4H3,(H,25,29)(H,26,30)/t13-,14+,17+,18-,19-,20+/m1/s1. The molecule has 3 amide bonds. The summed E-state index contributed by atoms with van der Waals surface area (Å²) in [5.41, 5.74) is 0.450. The van der Waals surface area contributed by atoms with Crippen molar-refractivity contribution in [2.75, 3.05) is 19.0 Å². The predicted molar refractivity (Wildman–Crippen MR) is 119 cm³/mol. The largest absolute Gasteiger partial charge is 0.394 e. The van der Waals surface area contributed by atoms with Crippen molar-refractivity contribution in [3.63, 3.8) is 0 Å². The first-order valence-electron chi connectivity index (χ1n) is 10.6. The van der Waals surface area contributed by atoms with E-state index < -0.39 is 29.8 Å². The average molecular weight is 448 g/mol. The first kappa shape index (κ1) is 23.3. The van der Waals surface area contributed by atoms with Crippen LogP contribution in [0.25, 0.3) is 0 Å². The number of hydrogen-bond donors (Lipinski definition) is 3. The maximum Gasteiger partial charge on any atom is 0.247 e. The highest BCUT2D eigenvalue weighted by Crippen LogP contribution is 2.45. The van der Waals surface area contributed by atoms with Gasteiger partial charge in [-0.3, -0.25) is 14.4 Å². The van der Waals surface area contributed by atoms with Crippen LogP contribution in [0.5, 0.6) is 0 Å². The normalized spacial score (nSPS) is 28.4. The van der Waals surface area contributed by atoms with E-state index in [0.29, 0.717) is 10.7 Å². The summed E-state index contributed by atoms with van der Waals surface area (Å²) in [6.45, 7) is 5.41. The number of amides is 3. The van der Waals surface area contributed by atoms with Crippen LogP contribution < -0.4 is 10.6 Å². The molecular formula is C23H30ClN3O4. The second-order valence-electron chi connectivity index (χ2n) is 8.64. The molecule has 0 saturated carbocycles. The SMILES string of the molecule is CNC(=O)[C@H]1[C@@H]2C(=O)N([C@@H](CO)C(C)C)[C@H](C(=O)Nc3ccccc3Cl)[C@H]2C=C[C@H]1C. The van der Waals surface area contributed by atoms with E-state index in [9.17, 15) is 19.5 Å². The van der Waals surface area contributed by atoms with E-state index in [1.54, 1.807) is 31.3 Å². The monoisotopic (exact) mass is 447 g/mol. The number of aliphatic hydroxyl groups is 1. The summed E-state index contributed by atoms with van der Waals surface area (Å²) in [6.07, 6.45) is 3.77. The summed E-state index contributed by atoms with van der Waals surface area (Å²) in [7, 11) is 1.55. The van der Waals surface area contributed by atoms with Crippen LogP contribution in [0, 0.1) is 29.6 Å². The minimum absolute atomic E-state index is 0.0791. The first-order valence-corrected chi connectivity index (χ1v) is 11.0. The van der Waals surface area contributed by atoms with Gasteiger partial charge in [-0.1, -0.05) is 56.7 Å². The molecule has 1 aromatic rings. The van der Waals surface area contributed by atoms with E-state index in [0.717, 1.165) is 0 Å². The summed E-state index contributed by atoms with van der Waals surface area (Å²) in [5.74, 6) is -2.86. The molecule has 1 fully saturated rings. The number of para-hydroxylation sites is 1. The molecule has 7 nitrogen and oxygen atoms in total. The molecule has 0 bridgehead atoms. The lowest BCUT2D eigenvalue weighted by Crippen LogP contribution is -2.52. The van der Waals surface area contributed by atoms with Gasteiger partial charge in [0, 0.05) is 13.0 Å². The van der Waals surface area contributed by atoms with Crippen LogP contribution in [-0.4, -0.2) is 53.5 Å². The third-order valence-corrected chi connectivity index (χ3v) is 6.80. The molecule has 31 heavy (non-hydrogen) atoms. The molecule has 8 heteroatoms. The van der Waals surface area contributed by atoms with Crippen molar-refractivity contribution in [2.45, 2.75) is 32.9 Å². The number of allylic oxidation sites excluding steroid dienone is 1. The molecule has 1 aliphatic carbocycles. The highest BCUT2D eigenvalue weighted by molar-refractivity contribution is 6.33. The van der Waals surface area contributed by atoms with Gasteiger partial charge in [0.05, 0.1) is 35.2 Å². The molecule has 2 aliphatic rings. The van der Waals surface area contributed by atoms with Gasteiger partial charge in [-0.2, -0.15) is 0 Å². The molecule has 1 saturated heterocycles. The third-order valence-electron chi connectivity index (χ3n) is 6.47. The van der Waals surface area contributed by atoms with Gasteiger partial charge in [0.2, 0.25) is 17.7 Å². The quantitative estimate of drug-likeness (QED) is 0.583. The Kier molecular flexibility index (Phi) is 7.06. The van der Waals surface area contributed by atoms with Crippen molar-refractivity contribution in [1.82, 2.24) is 10.2 Å². The van der Waals surface area contributed by atoms with Crippen LogP contribution in [0.2, 0.25) is 5.02 Å². The van der Waals surface area contributed by atoms with E-state index in [1.807, 2.05) is 32.9 Å². The van der Waals surface area contributed by atoms with Crippen molar-refractivity contribution in [1.29, 1.82) is 0 Å². The van der Waals surface area contributed by atoms with Crippen molar-refractivity contribution in [3.05, 3.63) is 41.4 Å². The van der Waals surface area contributed by atoms with Gasteiger partial charge >= 0.3 is 0 Å². The number of nitrogens with one attached hydrogen (secondary N) is 2. The number of likely N-dealkylation sites (tertiary alicyclic amines) is 1. The number of halogens is 1. The molecule has 0 aromatic heterocycles. The van der Waals surface area contributed by atoms with Crippen molar-refractivity contribution >= 4 is 35.0 Å². The van der Waals surface area contributed by atoms with Crippen molar-refractivity contribution in [3.8, 4) is 0 Å². The Labute approximate surface area is 187 Å². The zero-order valence-corrected chi connectivity index (χ0v) is 19.0. The van der Waals surface area contributed by atoms with Gasteiger partial charge in [0.15, 0.2) is 0 Å². The minimum Gasteiger partial charge on any atom is -0.394 e. The minimum atomic E-state index is -0.857. The first-order chi connectivity index (χ1) is 14.7. The van der Waals surface area contributed by atoms with Crippen LogP contribution in [0.4, 0.5) is 5.69 Å². The molecule has 1 aromatic carbocycles. The second-order valence-corrected chi connectivity index (χ2v) is 9.05. The number of aliphatic hydroxyl groups excluding tert-OH is 1. The Hall–Kier alpha value is -2.38. The summed E-state index contributed by atoms with van der Waals surface area (Å²) in [6, 6.07) is 5.48. The molecule has 0 unspecified atom stereocenters. The highest BCUT2D eigenvalue weighted by Gasteiger charge is 2.58. The topological polar surface area (TPSA) is 98.7 Å². The number of benzene rings is 1. The number of carbonyl (C=O) groups is 3. The van der Waals surface area contributed by atoms with E-state index in [2.05, 4.69) is 10.6 Å². The number of rotatable bonds is 6. The Morgan fingerprint density at radius 3 is 2.45 bits per heavy atom. The fraction of sp³-hybridized carbons (Fsp3) is 0.522. The number of fused-ring (bicyclic) bond motifs is 1. The van der Waals surface area contributed by atoms with Crippen LogP contribution in [0.15, 0.2) is 36.4 Å². The summed E-state index contributed by atoms with van der Waals surface area (Å²) >= 11 is 6.22. The maximum absolute atomic E-state index is 13.6. The van der Waals surface area contributed by atoms with Gasteiger partial charge in [-0.25, -0.2) is 0 Å². The van der Waals surface area contributed by atoms with E-state index in [4.69, 9.17) is 11.6 Å². The zero-order chi connectivity index (χ0) is 22.9. The van der Waals surface area contributed by atoms with Crippen molar-refractivity contribution < 1.29 is 19.5 Å². The average Bonchev–Trinajstić information content (AvgIpc) is 3.02. The Morgan fingerprint density at radius 1 is 1.19 bits per heavy atom. The summed E-state index contributed by atoms with van der Waals surface area (Å²) in [4.78, 5) is 41.3. The van der Waals surface area contributed by atoms with Crippen LogP contribution in [0.1, 0.15) is 20.8 Å². The summed E-state index contributed by atoms with van der Waals surface area (Å²) in [5, 5.41) is 16.0. The molecule has 168 valence electrons. The molecule has 1 aliphatic heterocycles. The van der Waals surface area contributed by atoms with Gasteiger partial charge < -0.3 is 20.6 Å².